The number of aryl methyl sites for hydroxylation is 1. The van der Waals surface area contributed by atoms with Crippen molar-refractivity contribution in [3.63, 3.8) is 0 Å². The predicted octanol–water partition coefficient (Wildman–Crippen LogP) is 6.36. The smallest absolute Gasteiger partial charge is 0.264 e. The Morgan fingerprint density at radius 1 is 0.951 bits per heavy atom. The molecule has 3 aromatic carbocycles. The number of hydrogen-bond acceptors (Lipinski definition) is 4. The normalized spacial score (nSPS) is 12.5. The average molecular weight is 623 g/mol. The van der Waals surface area contributed by atoms with Crippen LogP contribution in [-0.2, 0) is 26.2 Å². The van der Waals surface area contributed by atoms with Crippen molar-refractivity contribution in [3.05, 3.63) is 93.7 Å². The molecule has 0 heterocycles. The van der Waals surface area contributed by atoms with Crippen molar-refractivity contribution in [2.75, 3.05) is 10.8 Å². The molecule has 2 amide bonds. The van der Waals surface area contributed by atoms with Gasteiger partial charge in [-0.3, -0.25) is 13.9 Å². The minimum atomic E-state index is -4.26. The monoisotopic (exact) mass is 621 g/mol. The summed E-state index contributed by atoms with van der Waals surface area (Å²) in [4.78, 5) is 28.7. The number of halogens is 3. The standard InChI is InChI=1S/C30H34Cl2FN3O4S/c1-6-27(29(38)34-30(3,4)5)35(18-21-9-11-22(33)12-10-21)28(37)19-36(23-13-16-25(31)26(32)17-23)41(39,40)24-14-7-20(2)8-15-24/h7-17,27H,6,18-19H2,1-5H3,(H,34,38)/t27-/m1/s1. The van der Waals surface area contributed by atoms with E-state index in [1.54, 1.807) is 19.1 Å². The van der Waals surface area contributed by atoms with Crippen LogP contribution in [0, 0.1) is 12.7 Å². The molecule has 3 rings (SSSR count). The number of rotatable bonds is 10. The van der Waals surface area contributed by atoms with Gasteiger partial charge in [-0.2, -0.15) is 0 Å². The van der Waals surface area contributed by atoms with E-state index in [1.807, 2.05) is 27.7 Å². The van der Waals surface area contributed by atoms with Crippen molar-refractivity contribution in [2.24, 2.45) is 0 Å². The Balaban J connectivity index is 2.09. The van der Waals surface area contributed by atoms with Gasteiger partial charge in [-0.25, -0.2) is 12.8 Å². The summed E-state index contributed by atoms with van der Waals surface area (Å²) in [5.41, 5.74) is 0.990. The lowest BCUT2D eigenvalue weighted by Gasteiger charge is -2.34. The number of carbonyl (C=O) groups is 2. The Labute approximate surface area is 251 Å². The van der Waals surface area contributed by atoms with Crippen molar-refractivity contribution in [1.82, 2.24) is 10.2 Å². The molecule has 0 aliphatic rings. The molecule has 1 atom stereocenters. The van der Waals surface area contributed by atoms with E-state index in [2.05, 4.69) is 5.32 Å². The number of sulfonamides is 1. The van der Waals surface area contributed by atoms with Crippen LogP contribution in [0.1, 0.15) is 45.2 Å². The molecule has 220 valence electrons. The van der Waals surface area contributed by atoms with Crippen molar-refractivity contribution in [1.29, 1.82) is 0 Å². The third-order valence-corrected chi connectivity index (χ3v) is 8.76. The maximum atomic E-state index is 14.1. The first-order chi connectivity index (χ1) is 19.1. The minimum absolute atomic E-state index is 0.0235. The lowest BCUT2D eigenvalue weighted by atomic mass is 10.1. The fourth-order valence-electron chi connectivity index (χ4n) is 4.17. The zero-order valence-electron chi connectivity index (χ0n) is 23.6. The molecule has 0 bridgehead atoms. The quantitative estimate of drug-likeness (QED) is 0.285. The van der Waals surface area contributed by atoms with Gasteiger partial charge in [-0.1, -0.05) is 60.0 Å². The molecule has 1 N–H and O–H groups in total. The predicted molar refractivity (Wildman–Crippen MR) is 161 cm³/mol. The van der Waals surface area contributed by atoms with Crippen LogP contribution < -0.4 is 9.62 Å². The van der Waals surface area contributed by atoms with Crippen LogP contribution in [0.15, 0.2) is 71.6 Å². The molecule has 11 heteroatoms. The Bertz CT molecular complexity index is 1490. The van der Waals surface area contributed by atoms with Crippen LogP contribution in [0.5, 0.6) is 0 Å². The second kappa shape index (κ2) is 13.2. The van der Waals surface area contributed by atoms with Crippen LogP contribution >= 0.6 is 23.2 Å². The zero-order valence-corrected chi connectivity index (χ0v) is 25.9. The number of benzene rings is 3. The van der Waals surface area contributed by atoms with Crippen LogP contribution in [0.4, 0.5) is 10.1 Å². The van der Waals surface area contributed by atoms with Gasteiger partial charge in [-0.05, 0) is 82.1 Å². The molecule has 0 aromatic heterocycles. The second-order valence-electron chi connectivity index (χ2n) is 10.7. The number of nitrogens with zero attached hydrogens (tertiary/aromatic N) is 2. The largest absolute Gasteiger partial charge is 0.350 e. The van der Waals surface area contributed by atoms with Gasteiger partial charge in [-0.15, -0.1) is 0 Å². The molecule has 7 nitrogen and oxygen atoms in total. The van der Waals surface area contributed by atoms with Crippen LogP contribution in [0.2, 0.25) is 10.0 Å². The number of amides is 2. The van der Waals surface area contributed by atoms with E-state index < -0.39 is 45.8 Å². The van der Waals surface area contributed by atoms with E-state index >= 15 is 0 Å². The molecule has 0 saturated heterocycles. The summed E-state index contributed by atoms with van der Waals surface area (Å²) in [6, 6.07) is 15.2. The van der Waals surface area contributed by atoms with E-state index in [0.717, 1.165) is 9.87 Å². The molecule has 0 spiro atoms. The van der Waals surface area contributed by atoms with E-state index in [1.165, 1.54) is 59.5 Å². The molecule has 0 aliphatic heterocycles. The average Bonchev–Trinajstić information content (AvgIpc) is 2.89. The Kier molecular flexibility index (Phi) is 10.4. The van der Waals surface area contributed by atoms with Gasteiger partial charge in [0.1, 0.15) is 18.4 Å². The fraction of sp³-hybridized carbons (Fsp3) is 0.333. The fourth-order valence-corrected chi connectivity index (χ4v) is 5.86. The molecule has 0 fully saturated rings. The number of carbonyl (C=O) groups excluding carboxylic acids is 2. The summed E-state index contributed by atoms with van der Waals surface area (Å²) >= 11 is 12.3. The highest BCUT2D eigenvalue weighted by Gasteiger charge is 2.34. The highest BCUT2D eigenvalue weighted by Crippen LogP contribution is 2.31. The highest BCUT2D eigenvalue weighted by molar-refractivity contribution is 7.92. The second-order valence-corrected chi connectivity index (χ2v) is 13.4. The van der Waals surface area contributed by atoms with Crippen molar-refractivity contribution in [3.8, 4) is 0 Å². The first kappa shape index (κ1) is 32.4. The number of hydrogen-bond donors (Lipinski definition) is 1. The van der Waals surface area contributed by atoms with Crippen LogP contribution in [0.25, 0.3) is 0 Å². The van der Waals surface area contributed by atoms with Gasteiger partial charge in [0.2, 0.25) is 11.8 Å². The Hall–Kier alpha value is -3.14. The maximum absolute atomic E-state index is 14.1. The first-order valence-electron chi connectivity index (χ1n) is 13.0. The lowest BCUT2D eigenvalue weighted by molar-refractivity contribution is -0.141. The summed E-state index contributed by atoms with van der Waals surface area (Å²) in [6.45, 7) is 8.39. The van der Waals surface area contributed by atoms with Crippen molar-refractivity contribution >= 4 is 50.7 Å². The van der Waals surface area contributed by atoms with Gasteiger partial charge >= 0.3 is 0 Å². The summed E-state index contributed by atoms with van der Waals surface area (Å²) in [7, 11) is -4.26. The van der Waals surface area contributed by atoms with E-state index in [0.29, 0.717) is 5.56 Å². The minimum Gasteiger partial charge on any atom is -0.350 e. The maximum Gasteiger partial charge on any atom is 0.264 e. The molecular formula is C30H34Cl2FN3O4S. The molecule has 0 radical (unpaired) electrons. The Morgan fingerprint density at radius 3 is 2.10 bits per heavy atom. The highest BCUT2D eigenvalue weighted by atomic mass is 35.5. The van der Waals surface area contributed by atoms with Gasteiger partial charge in [0, 0.05) is 12.1 Å². The summed E-state index contributed by atoms with van der Waals surface area (Å²) < 4.78 is 42.4. The summed E-state index contributed by atoms with van der Waals surface area (Å²) in [6.07, 6.45) is 0.256. The molecule has 41 heavy (non-hydrogen) atoms. The topological polar surface area (TPSA) is 86.8 Å². The zero-order chi connectivity index (χ0) is 30.5. The van der Waals surface area contributed by atoms with Crippen molar-refractivity contribution in [2.45, 2.75) is 64.1 Å². The van der Waals surface area contributed by atoms with E-state index in [-0.39, 0.29) is 33.6 Å². The SMILES string of the molecule is CC[C@H](C(=O)NC(C)(C)C)N(Cc1ccc(F)cc1)C(=O)CN(c1ccc(Cl)c(Cl)c1)S(=O)(=O)c1ccc(C)cc1. The van der Waals surface area contributed by atoms with E-state index in [4.69, 9.17) is 23.2 Å². The van der Waals surface area contributed by atoms with Crippen LogP contribution in [0.3, 0.4) is 0 Å². The van der Waals surface area contributed by atoms with E-state index in [9.17, 15) is 22.4 Å². The summed E-state index contributed by atoms with van der Waals surface area (Å²) in [5.74, 6) is -1.47. The van der Waals surface area contributed by atoms with Crippen molar-refractivity contribution < 1.29 is 22.4 Å². The first-order valence-corrected chi connectivity index (χ1v) is 15.2. The Morgan fingerprint density at radius 2 is 1.56 bits per heavy atom. The van der Waals surface area contributed by atoms with Gasteiger partial charge < -0.3 is 10.2 Å². The number of anilines is 1. The molecule has 3 aromatic rings. The van der Waals surface area contributed by atoms with Crippen LogP contribution in [-0.4, -0.2) is 43.3 Å². The van der Waals surface area contributed by atoms with Gasteiger partial charge in [0.05, 0.1) is 20.6 Å². The summed E-state index contributed by atoms with van der Waals surface area (Å²) in [5, 5.41) is 3.23. The third-order valence-electron chi connectivity index (χ3n) is 6.23. The molecule has 0 unspecified atom stereocenters. The lowest BCUT2D eigenvalue weighted by Crippen LogP contribution is -2.55. The van der Waals surface area contributed by atoms with Gasteiger partial charge in [0.15, 0.2) is 0 Å². The molecular weight excluding hydrogens is 588 g/mol. The molecule has 0 aliphatic carbocycles. The third kappa shape index (κ3) is 8.44. The number of nitrogens with one attached hydrogen (secondary N) is 1. The van der Waals surface area contributed by atoms with Gasteiger partial charge in [0.25, 0.3) is 10.0 Å². The molecule has 0 saturated carbocycles.